The van der Waals surface area contributed by atoms with Gasteiger partial charge in [0.25, 0.3) is 0 Å². The molecular formula is C7H11NO2. The van der Waals surface area contributed by atoms with E-state index in [-0.39, 0.29) is 5.91 Å². The molecule has 2 rings (SSSR count). The molecule has 0 spiro atoms. The Labute approximate surface area is 60.0 Å². The van der Waals surface area contributed by atoms with Gasteiger partial charge in [-0.15, -0.1) is 0 Å². The highest BCUT2D eigenvalue weighted by Gasteiger charge is 2.31. The van der Waals surface area contributed by atoms with Gasteiger partial charge >= 0.3 is 0 Å². The Bertz CT molecular complexity index is 158. The van der Waals surface area contributed by atoms with Crippen LogP contribution in [0.25, 0.3) is 0 Å². The largest absolute Gasteiger partial charge is 0.369 e. The molecule has 3 nitrogen and oxygen atoms in total. The molecule has 10 heavy (non-hydrogen) atoms. The SMILES string of the molecule is O=C1COC[C@@H]2CCCN12. The van der Waals surface area contributed by atoms with Gasteiger partial charge in [-0.2, -0.15) is 0 Å². The number of amides is 1. The van der Waals surface area contributed by atoms with Crippen LogP contribution in [-0.2, 0) is 9.53 Å². The van der Waals surface area contributed by atoms with Gasteiger partial charge in [0.2, 0.25) is 5.91 Å². The molecule has 0 aromatic rings. The van der Waals surface area contributed by atoms with Crippen molar-refractivity contribution in [1.82, 2.24) is 4.90 Å². The summed E-state index contributed by atoms with van der Waals surface area (Å²) in [6.07, 6.45) is 2.28. The van der Waals surface area contributed by atoms with Crippen molar-refractivity contribution in [2.75, 3.05) is 19.8 Å². The highest BCUT2D eigenvalue weighted by atomic mass is 16.5. The summed E-state index contributed by atoms with van der Waals surface area (Å²) in [7, 11) is 0. The van der Waals surface area contributed by atoms with E-state index in [0.29, 0.717) is 12.6 Å². The van der Waals surface area contributed by atoms with Gasteiger partial charge in [-0.3, -0.25) is 4.79 Å². The van der Waals surface area contributed by atoms with Crippen LogP contribution in [0.15, 0.2) is 0 Å². The van der Waals surface area contributed by atoms with Crippen LogP contribution in [-0.4, -0.2) is 36.6 Å². The molecular weight excluding hydrogens is 130 g/mol. The van der Waals surface area contributed by atoms with Crippen LogP contribution in [0.4, 0.5) is 0 Å². The number of carbonyl (C=O) groups excluding carboxylic acids is 1. The van der Waals surface area contributed by atoms with Crippen molar-refractivity contribution in [2.45, 2.75) is 18.9 Å². The zero-order valence-corrected chi connectivity index (χ0v) is 5.88. The molecule has 0 radical (unpaired) electrons. The molecule has 0 bridgehead atoms. The van der Waals surface area contributed by atoms with E-state index in [2.05, 4.69) is 0 Å². The normalized spacial score (nSPS) is 32.6. The van der Waals surface area contributed by atoms with E-state index in [1.54, 1.807) is 0 Å². The minimum absolute atomic E-state index is 0.175. The first-order chi connectivity index (χ1) is 4.88. The molecule has 1 amide bonds. The number of carbonyl (C=O) groups is 1. The summed E-state index contributed by atoms with van der Waals surface area (Å²) in [4.78, 5) is 13.0. The van der Waals surface area contributed by atoms with E-state index in [1.165, 1.54) is 0 Å². The van der Waals surface area contributed by atoms with Crippen LogP contribution >= 0.6 is 0 Å². The van der Waals surface area contributed by atoms with Crippen molar-refractivity contribution in [2.24, 2.45) is 0 Å². The minimum Gasteiger partial charge on any atom is -0.369 e. The van der Waals surface area contributed by atoms with Crippen LogP contribution in [0, 0.1) is 0 Å². The molecule has 2 fully saturated rings. The maximum absolute atomic E-state index is 11.1. The molecule has 0 N–H and O–H groups in total. The number of nitrogens with zero attached hydrogens (tertiary/aromatic N) is 1. The van der Waals surface area contributed by atoms with Gasteiger partial charge in [-0.25, -0.2) is 0 Å². The van der Waals surface area contributed by atoms with Gasteiger partial charge in [0.05, 0.1) is 12.6 Å². The van der Waals surface area contributed by atoms with Gasteiger partial charge in [0, 0.05) is 6.54 Å². The number of morpholine rings is 1. The van der Waals surface area contributed by atoms with Gasteiger partial charge in [0.15, 0.2) is 0 Å². The van der Waals surface area contributed by atoms with E-state index in [9.17, 15) is 4.79 Å². The Morgan fingerprint density at radius 2 is 2.50 bits per heavy atom. The molecule has 3 heteroatoms. The fourth-order valence-electron chi connectivity index (χ4n) is 1.70. The second-order valence-corrected chi connectivity index (χ2v) is 2.90. The Balaban J connectivity index is 2.10. The average molecular weight is 141 g/mol. The fourth-order valence-corrected chi connectivity index (χ4v) is 1.70. The first-order valence-corrected chi connectivity index (χ1v) is 3.75. The summed E-state index contributed by atoms with van der Waals surface area (Å²) in [5.41, 5.74) is 0. The number of hydrogen-bond acceptors (Lipinski definition) is 2. The van der Waals surface area contributed by atoms with E-state index in [4.69, 9.17) is 4.74 Å². The summed E-state index contributed by atoms with van der Waals surface area (Å²) in [5, 5.41) is 0. The quantitative estimate of drug-likeness (QED) is 0.475. The molecule has 0 aliphatic carbocycles. The molecule has 56 valence electrons. The zero-order chi connectivity index (χ0) is 6.97. The Kier molecular flexibility index (Phi) is 1.38. The first-order valence-electron chi connectivity index (χ1n) is 3.75. The molecule has 2 aliphatic heterocycles. The molecule has 2 aliphatic rings. The predicted molar refractivity (Wildman–Crippen MR) is 35.6 cm³/mol. The lowest BCUT2D eigenvalue weighted by atomic mass is 10.2. The highest BCUT2D eigenvalue weighted by Crippen LogP contribution is 2.20. The van der Waals surface area contributed by atoms with Crippen molar-refractivity contribution in [3.8, 4) is 0 Å². The predicted octanol–water partition coefficient (Wildman–Crippen LogP) is 0.00760. The summed E-state index contributed by atoms with van der Waals surface area (Å²) in [6.45, 7) is 2.01. The van der Waals surface area contributed by atoms with Crippen LogP contribution in [0.5, 0.6) is 0 Å². The third kappa shape index (κ3) is 0.814. The van der Waals surface area contributed by atoms with Crippen LogP contribution in [0.1, 0.15) is 12.8 Å². The van der Waals surface area contributed by atoms with Crippen LogP contribution < -0.4 is 0 Å². The lowest BCUT2D eigenvalue weighted by Crippen LogP contribution is -2.45. The van der Waals surface area contributed by atoms with Gasteiger partial charge in [0.1, 0.15) is 6.61 Å². The standard InChI is InChI=1S/C7H11NO2/c9-7-5-10-4-6-2-1-3-8(6)7/h6H,1-5H2/t6-/m0/s1. The molecule has 1 atom stereocenters. The van der Waals surface area contributed by atoms with E-state index in [0.717, 1.165) is 26.0 Å². The number of hydrogen-bond donors (Lipinski definition) is 0. The molecule has 0 aromatic carbocycles. The molecule has 2 heterocycles. The number of ether oxygens (including phenoxy) is 1. The van der Waals surface area contributed by atoms with Crippen molar-refractivity contribution in [3.05, 3.63) is 0 Å². The van der Waals surface area contributed by atoms with E-state index >= 15 is 0 Å². The van der Waals surface area contributed by atoms with Crippen molar-refractivity contribution in [3.63, 3.8) is 0 Å². The maximum atomic E-state index is 11.1. The zero-order valence-electron chi connectivity index (χ0n) is 5.88. The first kappa shape index (κ1) is 6.16. The molecule has 0 saturated carbocycles. The Morgan fingerprint density at radius 1 is 1.60 bits per heavy atom. The minimum atomic E-state index is 0.175. The van der Waals surface area contributed by atoms with Crippen LogP contribution in [0.3, 0.4) is 0 Å². The maximum Gasteiger partial charge on any atom is 0.248 e. The topological polar surface area (TPSA) is 29.5 Å². The Hall–Kier alpha value is -0.570. The molecule has 0 aromatic heterocycles. The van der Waals surface area contributed by atoms with E-state index in [1.807, 2.05) is 4.90 Å². The second kappa shape index (κ2) is 2.23. The number of rotatable bonds is 0. The van der Waals surface area contributed by atoms with Gasteiger partial charge in [-0.1, -0.05) is 0 Å². The fraction of sp³-hybridized carbons (Fsp3) is 0.857. The third-order valence-electron chi connectivity index (χ3n) is 2.23. The van der Waals surface area contributed by atoms with Gasteiger partial charge < -0.3 is 9.64 Å². The van der Waals surface area contributed by atoms with Crippen molar-refractivity contribution in [1.29, 1.82) is 0 Å². The average Bonchev–Trinajstić information content (AvgIpc) is 2.36. The summed E-state index contributed by atoms with van der Waals surface area (Å²) in [5.74, 6) is 0.175. The monoisotopic (exact) mass is 141 g/mol. The summed E-state index contributed by atoms with van der Waals surface area (Å²) >= 11 is 0. The van der Waals surface area contributed by atoms with Crippen LogP contribution in [0.2, 0.25) is 0 Å². The molecule has 2 saturated heterocycles. The second-order valence-electron chi connectivity index (χ2n) is 2.90. The summed E-state index contributed by atoms with van der Waals surface area (Å²) < 4.78 is 5.10. The van der Waals surface area contributed by atoms with Crippen molar-refractivity contribution < 1.29 is 9.53 Å². The molecule has 0 unspecified atom stereocenters. The number of fused-ring (bicyclic) bond motifs is 1. The summed E-state index contributed by atoms with van der Waals surface area (Å²) in [6, 6.07) is 0.404. The lowest BCUT2D eigenvalue weighted by molar-refractivity contribution is -0.145. The third-order valence-corrected chi connectivity index (χ3v) is 2.23. The Morgan fingerprint density at radius 3 is 3.30 bits per heavy atom. The highest BCUT2D eigenvalue weighted by molar-refractivity contribution is 5.78. The van der Waals surface area contributed by atoms with Crippen molar-refractivity contribution >= 4 is 5.91 Å². The smallest absolute Gasteiger partial charge is 0.248 e. The van der Waals surface area contributed by atoms with E-state index < -0.39 is 0 Å². The lowest BCUT2D eigenvalue weighted by Gasteiger charge is -2.28. The van der Waals surface area contributed by atoms with Gasteiger partial charge in [-0.05, 0) is 12.8 Å².